The summed E-state index contributed by atoms with van der Waals surface area (Å²) in [6.45, 7) is 0. The van der Waals surface area contributed by atoms with Crippen LogP contribution in [0.25, 0.3) is 0 Å². The maximum atomic E-state index is 5.16. The van der Waals surface area contributed by atoms with Gasteiger partial charge in [0, 0.05) is 15.7 Å². The molecule has 0 saturated heterocycles. The molecule has 0 aromatic heterocycles. The van der Waals surface area contributed by atoms with Crippen molar-refractivity contribution in [2.45, 2.75) is 0 Å². The number of nitrogens with one attached hydrogen (secondary N) is 3. The molecular weight excluding hydrogens is 322 g/mol. The van der Waals surface area contributed by atoms with Crippen LogP contribution in [-0.4, -0.2) is 11.3 Å². The molecule has 3 N–H and O–H groups in total. The molecule has 96 valence electrons. The van der Waals surface area contributed by atoms with Crippen LogP contribution in [0.5, 0.6) is 0 Å². The third-order valence-corrected chi connectivity index (χ3v) is 3.06. The van der Waals surface area contributed by atoms with Crippen molar-refractivity contribution in [2.24, 2.45) is 0 Å². The number of hydrazine groups is 1. The fourth-order valence-electron chi connectivity index (χ4n) is 1.43. The number of hydrazone groups is 1. The van der Waals surface area contributed by atoms with E-state index in [1.54, 1.807) is 0 Å². The number of hydrogen-bond donors (Lipinski definition) is 3. The Hall–Kier alpha value is -1.72. The first-order chi connectivity index (χ1) is 9.24. The van der Waals surface area contributed by atoms with Crippen LogP contribution in [0.4, 0.5) is 5.69 Å². The van der Waals surface area contributed by atoms with Crippen molar-refractivity contribution in [1.82, 2.24) is 5.43 Å². The number of anilines is 1. The van der Waals surface area contributed by atoms with Gasteiger partial charge in [0.2, 0.25) is 5.11 Å². The van der Waals surface area contributed by atoms with E-state index in [4.69, 9.17) is 12.2 Å². The van der Waals surface area contributed by atoms with Crippen molar-refractivity contribution < 1.29 is 5.10 Å². The van der Waals surface area contributed by atoms with E-state index >= 15 is 0 Å². The minimum atomic E-state index is 0.513. The molecule has 0 aliphatic rings. The monoisotopic (exact) mass is 334 g/mol. The van der Waals surface area contributed by atoms with Crippen LogP contribution in [0.15, 0.2) is 59.1 Å². The number of thiocarbonyl (C=S) groups is 1. The Morgan fingerprint density at radius 1 is 1.05 bits per heavy atom. The van der Waals surface area contributed by atoms with Gasteiger partial charge in [-0.3, -0.25) is 0 Å². The lowest BCUT2D eigenvalue weighted by atomic mass is 10.2. The molecule has 2 rings (SSSR count). The molecule has 2 aromatic rings. The first-order valence-corrected chi connectivity index (χ1v) is 6.90. The Balaban J connectivity index is 1.85. The molecule has 0 spiro atoms. The third kappa shape index (κ3) is 4.81. The van der Waals surface area contributed by atoms with Gasteiger partial charge in [-0.1, -0.05) is 34.1 Å². The minimum absolute atomic E-state index is 0.513. The van der Waals surface area contributed by atoms with Gasteiger partial charge in [-0.05, 0) is 48.6 Å². The summed E-state index contributed by atoms with van der Waals surface area (Å²) < 4.78 is 1.05. The Bertz CT molecular complexity index is 567. The summed E-state index contributed by atoms with van der Waals surface area (Å²) in [5.74, 6) is 0. The zero-order valence-electron chi connectivity index (χ0n) is 10.1. The fraction of sp³-hybridized carbons (Fsp3) is 0. The molecule has 0 fully saturated rings. The van der Waals surface area contributed by atoms with Crippen LogP contribution in [-0.2, 0) is 0 Å². The summed E-state index contributed by atoms with van der Waals surface area (Å²) in [7, 11) is 0. The van der Waals surface area contributed by atoms with Gasteiger partial charge < -0.3 is 5.32 Å². The van der Waals surface area contributed by atoms with Crippen molar-refractivity contribution in [3.05, 3.63) is 64.6 Å². The van der Waals surface area contributed by atoms with Gasteiger partial charge in [-0.15, -0.1) is 10.5 Å². The molecule has 0 heterocycles. The second-order valence-electron chi connectivity index (χ2n) is 3.79. The number of para-hydroxylation sites is 1. The molecule has 3 nitrogen and oxygen atoms in total. The van der Waals surface area contributed by atoms with E-state index in [0.29, 0.717) is 5.11 Å². The van der Waals surface area contributed by atoms with E-state index in [2.05, 4.69) is 31.8 Å². The maximum absolute atomic E-state index is 5.16. The predicted octanol–water partition coefficient (Wildman–Crippen LogP) is 1.85. The van der Waals surface area contributed by atoms with E-state index in [0.717, 1.165) is 15.7 Å². The Kier molecular flexibility index (Phi) is 5.06. The highest BCUT2D eigenvalue weighted by molar-refractivity contribution is 9.10. The van der Waals surface area contributed by atoms with E-state index in [1.165, 1.54) is 0 Å². The SMILES string of the molecule is S=C(N[NH+]=Cc1ccc(Br)cc1)Nc1ccccc1. The van der Waals surface area contributed by atoms with Gasteiger partial charge in [0.15, 0.2) is 6.21 Å². The Labute approximate surface area is 125 Å². The van der Waals surface area contributed by atoms with Gasteiger partial charge in [-0.25, -0.2) is 0 Å². The molecule has 0 unspecified atom stereocenters. The van der Waals surface area contributed by atoms with E-state index < -0.39 is 0 Å². The van der Waals surface area contributed by atoms with Crippen molar-refractivity contribution in [1.29, 1.82) is 0 Å². The van der Waals surface area contributed by atoms with Crippen LogP contribution in [0.3, 0.4) is 0 Å². The lowest BCUT2D eigenvalue weighted by molar-refractivity contribution is -0.499. The summed E-state index contributed by atoms with van der Waals surface area (Å²) >= 11 is 8.55. The zero-order chi connectivity index (χ0) is 13.5. The maximum Gasteiger partial charge on any atom is 0.228 e. The number of rotatable bonds is 3. The average Bonchev–Trinajstić information content (AvgIpc) is 2.42. The van der Waals surface area contributed by atoms with Crippen LogP contribution < -0.4 is 15.8 Å². The average molecular weight is 335 g/mol. The van der Waals surface area contributed by atoms with Crippen molar-refractivity contribution in [3.63, 3.8) is 0 Å². The van der Waals surface area contributed by atoms with Crippen LogP contribution in [0.2, 0.25) is 0 Å². The molecule has 0 aliphatic heterocycles. The lowest BCUT2D eigenvalue weighted by Gasteiger charge is -2.03. The Morgan fingerprint density at radius 3 is 2.42 bits per heavy atom. The van der Waals surface area contributed by atoms with Crippen LogP contribution >= 0.6 is 28.1 Å². The smallest absolute Gasteiger partial charge is 0.228 e. The molecule has 0 amide bonds. The number of benzene rings is 2. The van der Waals surface area contributed by atoms with Gasteiger partial charge in [0.1, 0.15) is 0 Å². The topological polar surface area (TPSA) is 38.0 Å². The highest BCUT2D eigenvalue weighted by Gasteiger charge is 1.97. The first kappa shape index (κ1) is 13.7. The van der Waals surface area contributed by atoms with E-state index in [1.807, 2.05) is 60.8 Å². The number of halogens is 1. The normalized spacial score (nSPS) is 10.4. The molecule has 0 aliphatic carbocycles. The summed E-state index contributed by atoms with van der Waals surface area (Å²) in [5, 5.41) is 6.53. The Morgan fingerprint density at radius 2 is 1.74 bits per heavy atom. The highest BCUT2D eigenvalue weighted by Crippen LogP contribution is 2.08. The lowest BCUT2D eigenvalue weighted by Crippen LogP contribution is -2.82. The van der Waals surface area contributed by atoms with E-state index in [-0.39, 0.29) is 0 Å². The number of hydrogen-bond acceptors (Lipinski definition) is 1. The molecular formula is C14H13BrN3S+. The van der Waals surface area contributed by atoms with Gasteiger partial charge in [0.25, 0.3) is 0 Å². The van der Waals surface area contributed by atoms with E-state index in [9.17, 15) is 0 Å². The molecule has 0 bridgehead atoms. The van der Waals surface area contributed by atoms with Crippen molar-refractivity contribution in [3.8, 4) is 0 Å². The molecule has 19 heavy (non-hydrogen) atoms. The summed E-state index contributed by atoms with van der Waals surface area (Å²) in [6, 6.07) is 17.7. The van der Waals surface area contributed by atoms with Crippen LogP contribution in [0.1, 0.15) is 5.56 Å². The minimum Gasteiger partial charge on any atom is -0.328 e. The fourth-order valence-corrected chi connectivity index (χ4v) is 1.87. The van der Waals surface area contributed by atoms with Crippen LogP contribution in [0, 0.1) is 0 Å². The van der Waals surface area contributed by atoms with Gasteiger partial charge in [0.05, 0.1) is 0 Å². The van der Waals surface area contributed by atoms with Crippen molar-refractivity contribution in [2.75, 3.05) is 5.32 Å². The quantitative estimate of drug-likeness (QED) is 0.455. The largest absolute Gasteiger partial charge is 0.328 e. The highest BCUT2D eigenvalue weighted by atomic mass is 79.9. The summed E-state index contributed by atoms with van der Waals surface area (Å²) in [4.78, 5) is 0. The standard InChI is InChI=1S/C14H12BrN3S/c15-12-8-6-11(7-9-12)10-16-18-14(19)17-13-4-2-1-3-5-13/h1-10H,(H2,17,18,19)/p+1. The van der Waals surface area contributed by atoms with Gasteiger partial charge in [-0.2, -0.15) is 0 Å². The second kappa shape index (κ2) is 7.01. The summed E-state index contributed by atoms with van der Waals surface area (Å²) in [5.41, 5.74) is 4.90. The first-order valence-electron chi connectivity index (χ1n) is 5.70. The van der Waals surface area contributed by atoms with Gasteiger partial charge >= 0.3 is 0 Å². The molecule has 0 saturated carbocycles. The van der Waals surface area contributed by atoms with Crippen molar-refractivity contribution >= 4 is 45.2 Å². The molecule has 0 radical (unpaired) electrons. The predicted molar refractivity (Wildman–Crippen MR) is 86.1 cm³/mol. The summed E-state index contributed by atoms with van der Waals surface area (Å²) in [6.07, 6.45) is 1.84. The zero-order valence-corrected chi connectivity index (χ0v) is 12.5. The third-order valence-electron chi connectivity index (χ3n) is 2.33. The molecule has 2 aromatic carbocycles. The molecule has 5 heteroatoms. The second-order valence-corrected chi connectivity index (χ2v) is 5.11. The molecule has 0 atom stereocenters.